The van der Waals surface area contributed by atoms with Crippen molar-refractivity contribution in [3.63, 3.8) is 0 Å². The van der Waals surface area contributed by atoms with Crippen LogP contribution < -0.4 is 11.1 Å². The molecule has 0 unspecified atom stereocenters. The molecule has 3 N–H and O–H groups in total. The summed E-state index contributed by atoms with van der Waals surface area (Å²) in [5, 5.41) is 3.23. The van der Waals surface area contributed by atoms with Crippen LogP contribution in [-0.2, 0) is 4.74 Å². The Morgan fingerprint density at radius 3 is 2.55 bits per heavy atom. The quantitative estimate of drug-likeness (QED) is 0.671. The highest BCUT2D eigenvalue weighted by Crippen LogP contribution is 2.32. The monoisotopic (exact) mass is 294 g/mol. The molecule has 0 saturated heterocycles. The van der Waals surface area contributed by atoms with Crippen LogP contribution in [0.15, 0.2) is 36.4 Å². The second-order valence-electron chi connectivity index (χ2n) is 4.05. The number of methoxy groups -OCH3 is 1. The van der Waals surface area contributed by atoms with Crippen molar-refractivity contribution in [3.05, 3.63) is 52.8 Å². The summed E-state index contributed by atoms with van der Waals surface area (Å²) in [5.41, 5.74) is 7.17. The standard InChI is InChI=1S/C14H12ClFN2O2/c1-20-14(19)11-6-9(17)7-12(15)13(11)18-10-4-2-8(16)3-5-10/h2-7,18H,17H2,1H3. The zero-order valence-electron chi connectivity index (χ0n) is 10.6. The molecule has 6 heteroatoms. The third-order valence-corrected chi connectivity index (χ3v) is 2.93. The maximum atomic E-state index is 12.9. The summed E-state index contributed by atoms with van der Waals surface area (Å²) < 4.78 is 17.6. The SMILES string of the molecule is COC(=O)c1cc(N)cc(Cl)c1Nc1ccc(F)cc1. The number of halogens is 2. The van der Waals surface area contributed by atoms with Gasteiger partial charge in [-0.05, 0) is 36.4 Å². The molecule has 0 heterocycles. The zero-order chi connectivity index (χ0) is 14.7. The summed E-state index contributed by atoms with van der Waals surface area (Å²) >= 11 is 6.09. The molecule has 0 spiro atoms. The zero-order valence-corrected chi connectivity index (χ0v) is 11.4. The molecule has 0 atom stereocenters. The van der Waals surface area contributed by atoms with E-state index in [2.05, 4.69) is 5.32 Å². The maximum Gasteiger partial charge on any atom is 0.340 e. The topological polar surface area (TPSA) is 64.3 Å². The van der Waals surface area contributed by atoms with E-state index in [0.717, 1.165) is 0 Å². The predicted octanol–water partition coefficient (Wildman–Crippen LogP) is 3.59. The van der Waals surface area contributed by atoms with Gasteiger partial charge in [-0.25, -0.2) is 9.18 Å². The van der Waals surface area contributed by atoms with E-state index >= 15 is 0 Å². The Kier molecular flexibility index (Phi) is 4.10. The van der Waals surface area contributed by atoms with E-state index < -0.39 is 5.97 Å². The van der Waals surface area contributed by atoms with E-state index in [1.165, 1.54) is 43.5 Å². The fourth-order valence-corrected chi connectivity index (χ4v) is 1.98. The van der Waals surface area contributed by atoms with E-state index in [-0.39, 0.29) is 16.4 Å². The Balaban J connectivity index is 2.44. The Morgan fingerprint density at radius 2 is 1.95 bits per heavy atom. The van der Waals surface area contributed by atoms with Gasteiger partial charge in [0.2, 0.25) is 0 Å². The molecule has 0 aliphatic rings. The van der Waals surface area contributed by atoms with Gasteiger partial charge in [0.05, 0.1) is 23.4 Å². The molecule has 104 valence electrons. The smallest absolute Gasteiger partial charge is 0.340 e. The number of carbonyl (C=O) groups is 1. The summed E-state index contributed by atoms with van der Waals surface area (Å²) in [6.07, 6.45) is 0. The molecule has 0 saturated carbocycles. The molecule has 2 aromatic rings. The van der Waals surface area contributed by atoms with Crippen molar-refractivity contribution in [2.45, 2.75) is 0 Å². The number of nitrogen functional groups attached to an aromatic ring is 1. The second kappa shape index (κ2) is 5.79. The first-order valence-electron chi connectivity index (χ1n) is 5.71. The summed E-state index contributed by atoms with van der Waals surface area (Å²) in [6, 6.07) is 8.63. The summed E-state index contributed by atoms with van der Waals surface area (Å²) in [4.78, 5) is 11.7. The van der Waals surface area contributed by atoms with Crippen molar-refractivity contribution in [2.75, 3.05) is 18.2 Å². The lowest BCUT2D eigenvalue weighted by molar-refractivity contribution is 0.0602. The predicted molar refractivity (Wildman–Crippen MR) is 76.9 cm³/mol. The Morgan fingerprint density at radius 1 is 1.30 bits per heavy atom. The number of nitrogens with two attached hydrogens (primary N) is 1. The van der Waals surface area contributed by atoms with Crippen molar-refractivity contribution < 1.29 is 13.9 Å². The molecule has 0 fully saturated rings. The van der Waals surface area contributed by atoms with Gasteiger partial charge < -0.3 is 15.8 Å². The summed E-state index contributed by atoms with van der Waals surface area (Å²) in [7, 11) is 1.26. The van der Waals surface area contributed by atoms with Crippen molar-refractivity contribution in [3.8, 4) is 0 Å². The molecule has 0 amide bonds. The van der Waals surface area contributed by atoms with Crippen LogP contribution in [0.25, 0.3) is 0 Å². The normalized spacial score (nSPS) is 10.2. The molecule has 20 heavy (non-hydrogen) atoms. The molecule has 0 aromatic heterocycles. The molecule has 2 aromatic carbocycles. The number of rotatable bonds is 3. The number of carbonyl (C=O) groups excluding carboxylic acids is 1. The van der Waals surface area contributed by atoms with E-state index in [9.17, 15) is 9.18 Å². The van der Waals surface area contributed by atoms with Gasteiger partial charge in [-0.2, -0.15) is 0 Å². The van der Waals surface area contributed by atoms with Crippen LogP contribution in [0.3, 0.4) is 0 Å². The molecule has 0 aliphatic heterocycles. The third-order valence-electron chi connectivity index (χ3n) is 2.63. The number of benzene rings is 2. The minimum absolute atomic E-state index is 0.210. The molecule has 0 bridgehead atoms. The van der Waals surface area contributed by atoms with E-state index in [0.29, 0.717) is 17.1 Å². The number of hydrogen-bond donors (Lipinski definition) is 2. The summed E-state index contributed by atoms with van der Waals surface area (Å²) in [5.74, 6) is -0.920. The first-order valence-corrected chi connectivity index (χ1v) is 6.09. The van der Waals surface area contributed by atoms with Crippen LogP contribution in [0.4, 0.5) is 21.5 Å². The Bertz CT molecular complexity index is 644. The van der Waals surface area contributed by atoms with Crippen LogP contribution >= 0.6 is 11.6 Å². The molecule has 0 aliphatic carbocycles. The van der Waals surface area contributed by atoms with Gasteiger partial charge in [0, 0.05) is 11.4 Å². The van der Waals surface area contributed by atoms with Gasteiger partial charge in [-0.15, -0.1) is 0 Å². The highest BCUT2D eigenvalue weighted by molar-refractivity contribution is 6.34. The second-order valence-corrected chi connectivity index (χ2v) is 4.46. The average molecular weight is 295 g/mol. The van der Waals surface area contributed by atoms with Crippen LogP contribution in [0.2, 0.25) is 5.02 Å². The molecule has 0 radical (unpaired) electrons. The molecular weight excluding hydrogens is 283 g/mol. The van der Waals surface area contributed by atoms with Gasteiger partial charge in [0.25, 0.3) is 0 Å². The molecule has 4 nitrogen and oxygen atoms in total. The van der Waals surface area contributed by atoms with Crippen LogP contribution in [0.1, 0.15) is 10.4 Å². The fraction of sp³-hybridized carbons (Fsp3) is 0.0714. The van der Waals surface area contributed by atoms with Gasteiger partial charge in [0.15, 0.2) is 0 Å². The van der Waals surface area contributed by atoms with Gasteiger partial charge in [-0.1, -0.05) is 11.6 Å². The van der Waals surface area contributed by atoms with Crippen LogP contribution in [0, 0.1) is 5.82 Å². The number of hydrogen-bond acceptors (Lipinski definition) is 4. The molecular formula is C14H12ClFN2O2. The number of anilines is 3. The fourth-order valence-electron chi connectivity index (χ4n) is 1.70. The highest BCUT2D eigenvalue weighted by Gasteiger charge is 2.16. The van der Waals surface area contributed by atoms with Crippen molar-refractivity contribution in [2.24, 2.45) is 0 Å². The minimum atomic E-state index is -0.566. The lowest BCUT2D eigenvalue weighted by Crippen LogP contribution is -2.07. The number of nitrogens with one attached hydrogen (secondary N) is 1. The minimum Gasteiger partial charge on any atom is -0.465 e. The number of ether oxygens (including phenoxy) is 1. The molecule has 2 rings (SSSR count). The third kappa shape index (κ3) is 3.00. The van der Waals surface area contributed by atoms with Gasteiger partial charge in [0.1, 0.15) is 5.82 Å². The number of esters is 1. The van der Waals surface area contributed by atoms with Crippen molar-refractivity contribution in [1.82, 2.24) is 0 Å². The van der Waals surface area contributed by atoms with E-state index in [4.69, 9.17) is 22.1 Å². The lowest BCUT2D eigenvalue weighted by Gasteiger charge is -2.13. The highest BCUT2D eigenvalue weighted by atomic mass is 35.5. The first-order chi connectivity index (χ1) is 9.51. The Labute approximate surface area is 120 Å². The maximum absolute atomic E-state index is 12.9. The lowest BCUT2D eigenvalue weighted by atomic mass is 10.1. The average Bonchev–Trinajstić information content (AvgIpc) is 2.42. The largest absolute Gasteiger partial charge is 0.465 e. The van der Waals surface area contributed by atoms with E-state index in [1.54, 1.807) is 0 Å². The summed E-state index contributed by atoms with van der Waals surface area (Å²) in [6.45, 7) is 0. The van der Waals surface area contributed by atoms with Crippen molar-refractivity contribution in [1.29, 1.82) is 0 Å². The first kappa shape index (κ1) is 14.1. The van der Waals surface area contributed by atoms with Crippen LogP contribution in [0.5, 0.6) is 0 Å². The Hall–Kier alpha value is -2.27. The van der Waals surface area contributed by atoms with E-state index in [1.807, 2.05) is 0 Å². The van der Waals surface area contributed by atoms with Crippen LogP contribution in [-0.4, -0.2) is 13.1 Å². The van der Waals surface area contributed by atoms with Gasteiger partial charge >= 0.3 is 5.97 Å². The van der Waals surface area contributed by atoms with Crippen molar-refractivity contribution >= 4 is 34.6 Å². The van der Waals surface area contributed by atoms with Gasteiger partial charge in [-0.3, -0.25) is 0 Å².